The average molecular weight is 366 g/mol. The molecule has 0 spiro atoms. The normalized spacial score (nSPS) is 14.8. The van der Waals surface area contributed by atoms with Crippen molar-refractivity contribution in [3.63, 3.8) is 0 Å². The number of nitrogens with zero attached hydrogens (tertiary/aromatic N) is 2. The van der Waals surface area contributed by atoms with E-state index >= 15 is 0 Å². The van der Waals surface area contributed by atoms with E-state index in [-0.39, 0.29) is 11.9 Å². The van der Waals surface area contributed by atoms with Crippen molar-refractivity contribution in [1.29, 1.82) is 0 Å². The second kappa shape index (κ2) is 7.54. The highest BCUT2D eigenvalue weighted by molar-refractivity contribution is 7.99. The standard InChI is InChI=1S/C21H23N3OS/c1-15(17-10-9-16-6-2-3-7-18(16)12-17)23-20(25)14-26-21-22-13-19-8-4-5-11-24(19)21/h4-5,8-13,15H,2-3,6-7,14H2,1H3,(H,23,25). The van der Waals surface area contributed by atoms with Gasteiger partial charge < -0.3 is 5.32 Å². The van der Waals surface area contributed by atoms with Crippen molar-refractivity contribution in [3.8, 4) is 0 Å². The minimum Gasteiger partial charge on any atom is -0.349 e. The summed E-state index contributed by atoms with van der Waals surface area (Å²) in [7, 11) is 0. The van der Waals surface area contributed by atoms with Crippen molar-refractivity contribution in [2.45, 2.75) is 43.8 Å². The third-order valence-electron chi connectivity index (χ3n) is 4.99. The zero-order valence-corrected chi connectivity index (χ0v) is 15.8. The number of nitrogens with one attached hydrogen (secondary N) is 1. The zero-order chi connectivity index (χ0) is 17.9. The molecule has 1 unspecified atom stereocenters. The fourth-order valence-corrected chi connectivity index (χ4v) is 4.32. The van der Waals surface area contributed by atoms with Gasteiger partial charge in [-0.25, -0.2) is 4.98 Å². The van der Waals surface area contributed by atoms with E-state index in [4.69, 9.17) is 0 Å². The molecule has 3 aromatic rings. The Morgan fingerprint density at radius 2 is 2.08 bits per heavy atom. The lowest BCUT2D eigenvalue weighted by Gasteiger charge is -2.20. The van der Waals surface area contributed by atoms with Gasteiger partial charge in [0.1, 0.15) is 0 Å². The summed E-state index contributed by atoms with van der Waals surface area (Å²) in [5, 5.41) is 3.96. The maximum Gasteiger partial charge on any atom is 0.230 e. The highest BCUT2D eigenvalue weighted by Gasteiger charge is 2.15. The summed E-state index contributed by atoms with van der Waals surface area (Å²) in [4.78, 5) is 16.8. The number of amides is 1. The van der Waals surface area contributed by atoms with Gasteiger partial charge in [0.15, 0.2) is 5.16 Å². The van der Waals surface area contributed by atoms with Gasteiger partial charge in [0, 0.05) is 6.20 Å². The fraction of sp³-hybridized carbons (Fsp3) is 0.333. The average Bonchev–Trinajstić information content (AvgIpc) is 3.09. The molecule has 0 aliphatic heterocycles. The van der Waals surface area contributed by atoms with E-state index in [1.165, 1.54) is 47.7 Å². The van der Waals surface area contributed by atoms with Gasteiger partial charge >= 0.3 is 0 Å². The van der Waals surface area contributed by atoms with E-state index in [0.717, 1.165) is 17.1 Å². The van der Waals surface area contributed by atoms with Crippen molar-refractivity contribution < 1.29 is 4.79 Å². The second-order valence-corrected chi connectivity index (χ2v) is 7.79. The summed E-state index contributed by atoms with van der Waals surface area (Å²) >= 11 is 1.46. The van der Waals surface area contributed by atoms with Crippen LogP contribution in [0.15, 0.2) is 53.9 Å². The Hall–Kier alpha value is -2.27. The van der Waals surface area contributed by atoms with Gasteiger partial charge in [-0.05, 0) is 61.4 Å². The van der Waals surface area contributed by atoms with Crippen LogP contribution in [0.25, 0.3) is 5.52 Å². The van der Waals surface area contributed by atoms with Crippen LogP contribution < -0.4 is 5.32 Å². The van der Waals surface area contributed by atoms with Crippen LogP contribution in [0.4, 0.5) is 0 Å². The van der Waals surface area contributed by atoms with Crippen LogP contribution >= 0.6 is 11.8 Å². The Morgan fingerprint density at radius 1 is 1.23 bits per heavy atom. The molecule has 134 valence electrons. The monoisotopic (exact) mass is 365 g/mol. The van der Waals surface area contributed by atoms with Gasteiger partial charge in [0.25, 0.3) is 0 Å². The molecule has 1 amide bonds. The Kier molecular flexibility index (Phi) is 4.98. The van der Waals surface area contributed by atoms with Gasteiger partial charge in [0.2, 0.25) is 5.91 Å². The highest BCUT2D eigenvalue weighted by atomic mass is 32.2. The van der Waals surface area contributed by atoms with Crippen LogP contribution in [0.3, 0.4) is 0 Å². The molecule has 1 aliphatic carbocycles. The van der Waals surface area contributed by atoms with Crippen molar-refractivity contribution in [1.82, 2.24) is 14.7 Å². The molecular formula is C21H23N3OS. The number of aromatic nitrogens is 2. The van der Waals surface area contributed by atoms with E-state index < -0.39 is 0 Å². The molecule has 1 atom stereocenters. The van der Waals surface area contributed by atoms with Crippen molar-refractivity contribution >= 4 is 23.2 Å². The number of imidazole rings is 1. The van der Waals surface area contributed by atoms with Gasteiger partial charge in [-0.2, -0.15) is 0 Å². The molecule has 0 bridgehead atoms. The Balaban J connectivity index is 1.37. The predicted molar refractivity (Wildman–Crippen MR) is 106 cm³/mol. The summed E-state index contributed by atoms with van der Waals surface area (Å²) in [5.41, 5.74) is 5.15. The number of carbonyl (C=O) groups is 1. The first-order valence-corrected chi connectivity index (χ1v) is 10.2. The molecule has 1 N–H and O–H groups in total. The van der Waals surface area contributed by atoms with E-state index in [2.05, 4.69) is 35.4 Å². The maximum absolute atomic E-state index is 12.4. The van der Waals surface area contributed by atoms with Crippen molar-refractivity contribution in [3.05, 3.63) is 65.5 Å². The Morgan fingerprint density at radius 3 is 2.96 bits per heavy atom. The molecule has 2 heterocycles. The summed E-state index contributed by atoms with van der Waals surface area (Å²) in [5.74, 6) is 0.399. The number of hydrogen-bond donors (Lipinski definition) is 1. The quantitative estimate of drug-likeness (QED) is 0.690. The first kappa shape index (κ1) is 17.2. The molecular weight excluding hydrogens is 342 g/mol. The molecule has 26 heavy (non-hydrogen) atoms. The van der Waals surface area contributed by atoms with Crippen LogP contribution in [0.2, 0.25) is 0 Å². The van der Waals surface area contributed by atoms with Gasteiger partial charge in [-0.3, -0.25) is 9.20 Å². The third-order valence-corrected chi connectivity index (χ3v) is 5.95. The minimum atomic E-state index is 0.0207. The predicted octanol–water partition coefficient (Wildman–Crippen LogP) is 4.18. The van der Waals surface area contributed by atoms with E-state index in [1.54, 1.807) is 0 Å². The van der Waals surface area contributed by atoms with Crippen molar-refractivity contribution in [2.75, 3.05) is 5.75 Å². The fourth-order valence-electron chi connectivity index (χ4n) is 3.55. The SMILES string of the molecule is CC(NC(=O)CSc1ncc2ccccn12)c1ccc2c(c1)CCCC2. The molecule has 0 saturated heterocycles. The second-order valence-electron chi connectivity index (χ2n) is 6.85. The third kappa shape index (κ3) is 3.63. The lowest BCUT2D eigenvalue weighted by Crippen LogP contribution is -2.28. The van der Waals surface area contributed by atoms with Crippen molar-refractivity contribution in [2.24, 2.45) is 0 Å². The van der Waals surface area contributed by atoms with Crippen LogP contribution in [0, 0.1) is 0 Å². The largest absolute Gasteiger partial charge is 0.349 e. The molecule has 4 rings (SSSR count). The first-order chi connectivity index (χ1) is 12.7. The smallest absolute Gasteiger partial charge is 0.230 e. The number of hydrogen-bond acceptors (Lipinski definition) is 3. The number of rotatable bonds is 5. The summed E-state index contributed by atoms with van der Waals surface area (Å²) in [6, 6.07) is 12.6. The van der Waals surface area contributed by atoms with Crippen LogP contribution in [0.5, 0.6) is 0 Å². The van der Waals surface area contributed by atoms with Crippen LogP contribution in [-0.2, 0) is 17.6 Å². The topological polar surface area (TPSA) is 46.4 Å². The van der Waals surface area contributed by atoms with E-state index in [9.17, 15) is 4.79 Å². The van der Waals surface area contributed by atoms with Crippen LogP contribution in [-0.4, -0.2) is 21.0 Å². The van der Waals surface area contributed by atoms with Gasteiger partial charge in [-0.15, -0.1) is 0 Å². The number of thioether (sulfide) groups is 1. The molecule has 0 fully saturated rings. The molecule has 2 aromatic heterocycles. The lowest BCUT2D eigenvalue weighted by molar-refractivity contribution is -0.119. The first-order valence-electron chi connectivity index (χ1n) is 9.16. The number of fused-ring (bicyclic) bond motifs is 2. The molecule has 4 nitrogen and oxygen atoms in total. The Labute approximate surface area is 158 Å². The van der Waals surface area contributed by atoms with Gasteiger partial charge in [0.05, 0.1) is 23.5 Å². The summed E-state index contributed by atoms with van der Waals surface area (Å²) in [6.07, 6.45) is 8.70. The number of aryl methyl sites for hydroxylation is 2. The molecule has 1 aromatic carbocycles. The molecule has 5 heteroatoms. The number of carbonyl (C=O) groups excluding carboxylic acids is 1. The number of pyridine rings is 1. The highest BCUT2D eigenvalue weighted by Crippen LogP contribution is 2.25. The molecule has 0 radical (unpaired) electrons. The molecule has 1 aliphatic rings. The molecule has 0 saturated carbocycles. The minimum absolute atomic E-state index is 0.0207. The maximum atomic E-state index is 12.4. The number of benzene rings is 1. The Bertz CT molecular complexity index is 934. The van der Waals surface area contributed by atoms with E-state index in [0.29, 0.717) is 5.75 Å². The van der Waals surface area contributed by atoms with Gasteiger partial charge in [-0.1, -0.05) is 36.0 Å². The lowest BCUT2D eigenvalue weighted by atomic mass is 9.89. The zero-order valence-electron chi connectivity index (χ0n) is 14.9. The van der Waals surface area contributed by atoms with Crippen LogP contribution in [0.1, 0.15) is 42.5 Å². The summed E-state index contributed by atoms with van der Waals surface area (Å²) in [6.45, 7) is 2.05. The summed E-state index contributed by atoms with van der Waals surface area (Å²) < 4.78 is 2.00. The van der Waals surface area contributed by atoms with E-state index in [1.807, 2.05) is 35.0 Å².